The fourth-order valence-corrected chi connectivity index (χ4v) is 3.67. The first-order valence-corrected chi connectivity index (χ1v) is 9.30. The monoisotopic (exact) mass is 389 g/mol. The summed E-state index contributed by atoms with van der Waals surface area (Å²) in [4.78, 5) is 0. The number of nitrogens with zero attached hydrogens (tertiary/aromatic N) is 2. The Labute approximate surface area is 130 Å². The van der Waals surface area contributed by atoms with Gasteiger partial charge in [0.05, 0.1) is 23.7 Å². The number of benzene rings is 1. The van der Waals surface area contributed by atoms with Gasteiger partial charge in [-0.05, 0) is 32.0 Å². The van der Waals surface area contributed by atoms with Crippen LogP contribution in [0.1, 0.15) is 20.3 Å². The van der Waals surface area contributed by atoms with Crippen LogP contribution in [0.25, 0.3) is 0 Å². The van der Waals surface area contributed by atoms with Crippen molar-refractivity contribution < 1.29 is 4.74 Å². The summed E-state index contributed by atoms with van der Waals surface area (Å²) in [5, 5.41) is 9.14. The average molecular weight is 389 g/mol. The van der Waals surface area contributed by atoms with E-state index in [1.807, 2.05) is 32.0 Å². The van der Waals surface area contributed by atoms with Crippen molar-refractivity contribution in [2.45, 2.75) is 26.4 Å². The van der Waals surface area contributed by atoms with Gasteiger partial charge in [-0.2, -0.15) is 5.26 Å². The maximum absolute atomic E-state index is 9.14. The number of hydrogen-bond acceptors (Lipinski definition) is 5. The topological polar surface area (TPSA) is 62.3 Å². The summed E-state index contributed by atoms with van der Waals surface area (Å²) in [7, 11) is 1.62. The van der Waals surface area contributed by atoms with E-state index in [0.29, 0.717) is 6.42 Å². The lowest BCUT2D eigenvalue weighted by molar-refractivity contribution is 0.157. The van der Waals surface area contributed by atoms with Crippen LogP contribution in [0, 0.1) is 16.7 Å². The predicted molar refractivity (Wildman–Crippen MR) is 88.2 cm³/mol. The molecule has 102 valence electrons. The molecule has 1 aliphatic heterocycles. The SMILES string of the molecule is CC(C)(C#N)CC1CN(SI)c2cc(N)ccc2O1. The molecule has 1 aliphatic rings. The molecule has 0 saturated heterocycles. The van der Waals surface area contributed by atoms with Gasteiger partial charge < -0.3 is 14.8 Å². The molecule has 0 aromatic heterocycles. The third kappa shape index (κ3) is 3.39. The van der Waals surface area contributed by atoms with Gasteiger partial charge in [0.15, 0.2) is 0 Å². The van der Waals surface area contributed by atoms with Crippen LogP contribution < -0.4 is 14.8 Å². The molecule has 2 rings (SSSR count). The molecule has 0 saturated carbocycles. The Morgan fingerprint density at radius 3 is 3.00 bits per heavy atom. The number of fused-ring (bicyclic) bond motifs is 1. The maximum Gasteiger partial charge on any atom is 0.144 e. The Morgan fingerprint density at radius 1 is 1.63 bits per heavy atom. The Balaban J connectivity index is 2.23. The Morgan fingerprint density at radius 2 is 2.37 bits per heavy atom. The van der Waals surface area contributed by atoms with E-state index >= 15 is 0 Å². The Hall–Kier alpha value is -0.810. The van der Waals surface area contributed by atoms with Gasteiger partial charge >= 0.3 is 0 Å². The molecule has 1 unspecified atom stereocenters. The van der Waals surface area contributed by atoms with Gasteiger partial charge in [-0.25, -0.2) is 0 Å². The molecule has 2 N–H and O–H groups in total. The number of rotatable bonds is 3. The van der Waals surface area contributed by atoms with E-state index < -0.39 is 0 Å². The molecule has 4 nitrogen and oxygen atoms in total. The molecule has 1 aromatic carbocycles. The lowest BCUT2D eigenvalue weighted by Gasteiger charge is -2.36. The van der Waals surface area contributed by atoms with Crippen molar-refractivity contribution in [2.75, 3.05) is 16.6 Å². The third-order valence-corrected chi connectivity index (χ3v) is 4.98. The van der Waals surface area contributed by atoms with Crippen molar-refractivity contribution in [3.05, 3.63) is 18.2 Å². The van der Waals surface area contributed by atoms with Crippen molar-refractivity contribution in [1.29, 1.82) is 5.26 Å². The second kappa shape index (κ2) is 5.67. The summed E-state index contributed by atoms with van der Waals surface area (Å²) < 4.78 is 8.15. The fourth-order valence-electron chi connectivity index (χ4n) is 2.12. The number of anilines is 2. The van der Waals surface area contributed by atoms with Gasteiger partial charge in [0.1, 0.15) is 11.9 Å². The molecular weight excluding hydrogens is 373 g/mol. The molecule has 6 heteroatoms. The molecule has 0 radical (unpaired) electrons. The van der Waals surface area contributed by atoms with Crippen LogP contribution in [0.3, 0.4) is 0 Å². The van der Waals surface area contributed by atoms with Gasteiger partial charge in [-0.3, -0.25) is 0 Å². The van der Waals surface area contributed by atoms with Crippen molar-refractivity contribution in [3.63, 3.8) is 0 Å². The van der Waals surface area contributed by atoms with Crippen LogP contribution >= 0.6 is 30.3 Å². The van der Waals surface area contributed by atoms with Gasteiger partial charge in [-0.1, -0.05) is 0 Å². The third-order valence-electron chi connectivity index (χ3n) is 3.04. The minimum Gasteiger partial charge on any atom is -0.486 e. The number of nitrogen functional groups attached to an aromatic ring is 1. The maximum atomic E-state index is 9.14. The van der Waals surface area contributed by atoms with E-state index in [1.165, 1.54) is 0 Å². The van der Waals surface area contributed by atoms with Crippen molar-refractivity contribution >= 4 is 41.7 Å². The fraction of sp³-hybridized carbons (Fsp3) is 0.462. The zero-order valence-electron chi connectivity index (χ0n) is 10.9. The first kappa shape index (κ1) is 14.6. The van der Waals surface area contributed by atoms with Crippen molar-refractivity contribution in [1.82, 2.24) is 0 Å². The van der Waals surface area contributed by atoms with E-state index in [9.17, 15) is 0 Å². The summed E-state index contributed by atoms with van der Waals surface area (Å²) in [6.07, 6.45) is 0.731. The highest BCUT2D eigenvalue weighted by Crippen LogP contribution is 2.42. The van der Waals surface area contributed by atoms with Crippen LogP contribution in [0.15, 0.2) is 18.2 Å². The molecule has 19 heavy (non-hydrogen) atoms. The lowest BCUT2D eigenvalue weighted by atomic mass is 9.88. The standard InChI is InChI=1S/C13H16IN3OS/c1-13(2,8-15)6-10-7-17(19-14)11-5-9(16)3-4-12(11)18-10/h3-5,10H,6-7,16H2,1-2H3. The number of nitriles is 1. The number of halogens is 1. The number of hydrogen-bond donors (Lipinski definition) is 1. The zero-order chi connectivity index (χ0) is 14.0. The van der Waals surface area contributed by atoms with E-state index in [0.717, 1.165) is 23.7 Å². The lowest BCUT2D eigenvalue weighted by Crippen LogP contribution is -2.38. The first-order chi connectivity index (χ1) is 8.95. The van der Waals surface area contributed by atoms with E-state index in [4.69, 9.17) is 15.7 Å². The molecule has 1 atom stereocenters. The van der Waals surface area contributed by atoms with Crippen LogP contribution in [0.4, 0.5) is 11.4 Å². The summed E-state index contributed by atoms with van der Waals surface area (Å²) in [6, 6.07) is 7.99. The molecular formula is C13H16IN3OS. The second-order valence-corrected chi connectivity index (χ2v) is 7.06. The molecule has 0 aliphatic carbocycles. The number of ether oxygens (including phenoxy) is 1. The van der Waals surface area contributed by atoms with E-state index in [-0.39, 0.29) is 11.5 Å². The minimum absolute atomic E-state index is 0.0213. The number of nitrogens with two attached hydrogens (primary N) is 1. The van der Waals surface area contributed by atoms with Gasteiger partial charge in [0, 0.05) is 42.4 Å². The summed E-state index contributed by atoms with van der Waals surface area (Å²) in [6.45, 7) is 4.64. The molecule has 0 fully saturated rings. The van der Waals surface area contributed by atoms with E-state index in [2.05, 4.69) is 31.6 Å². The van der Waals surface area contributed by atoms with Crippen molar-refractivity contribution in [2.24, 2.45) is 5.41 Å². The quantitative estimate of drug-likeness (QED) is 0.485. The van der Waals surface area contributed by atoms with Crippen LogP contribution in [-0.2, 0) is 0 Å². The summed E-state index contributed by atoms with van der Waals surface area (Å²) >= 11 is 2.25. The highest BCUT2D eigenvalue weighted by molar-refractivity contribution is 14.2. The average Bonchev–Trinajstić information content (AvgIpc) is 2.38. The first-order valence-electron chi connectivity index (χ1n) is 5.99. The van der Waals surface area contributed by atoms with Crippen LogP contribution in [-0.4, -0.2) is 12.6 Å². The highest BCUT2D eigenvalue weighted by atomic mass is 127. The van der Waals surface area contributed by atoms with Gasteiger partial charge in [0.25, 0.3) is 0 Å². The smallest absolute Gasteiger partial charge is 0.144 e. The van der Waals surface area contributed by atoms with Crippen molar-refractivity contribution in [3.8, 4) is 11.8 Å². The minimum atomic E-state index is -0.377. The van der Waals surface area contributed by atoms with Crippen LogP contribution in [0.2, 0.25) is 0 Å². The van der Waals surface area contributed by atoms with Gasteiger partial charge in [-0.15, -0.1) is 0 Å². The van der Waals surface area contributed by atoms with Crippen LogP contribution in [0.5, 0.6) is 5.75 Å². The molecule has 0 amide bonds. The normalized spacial score (nSPS) is 18.4. The van der Waals surface area contributed by atoms with Gasteiger partial charge in [0.2, 0.25) is 0 Å². The predicted octanol–water partition coefficient (Wildman–Crippen LogP) is 3.77. The highest BCUT2D eigenvalue weighted by Gasteiger charge is 2.31. The largest absolute Gasteiger partial charge is 0.486 e. The summed E-state index contributed by atoms with van der Waals surface area (Å²) in [5.74, 6) is 0.836. The Kier molecular flexibility index (Phi) is 4.36. The molecule has 1 aromatic rings. The molecule has 0 bridgehead atoms. The Bertz CT molecular complexity index is 515. The zero-order valence-corrected chi connectivity index (χ0v) is 13.9. The van der Waals surface area contributed by atoms with E-state index in [1.54, 1.807) is 9.12 Å². The summed E-state index contributed by atoms with van der Waals surface area (Å²) in [5.41, 5.74) is 7.18. The second-order valence-electron chi connectivity index (χ2n) is 5.30. The molecule has 0 spiro atoms. The molecule has 1 heterocycles.